The smallest absolute Gasteiger partial charge is 0.253 e. The van der Waals surface area contributed by atoms with Gasteiger partial charge in [0.2, 0.25) is 5.16 Å². The molecule has 1 amide bonds. The molecule has 2 heterocycles. The Kier molecular flexibility index (Phi) is 7.36. The lowest BCUT2D eigenvalue weighted by Gasteiger charge is -2.17. The number of hydrogen-bond donors (Lipinski definition) is 1. The van der Waals surface area contributed by atoms with Gasteiger partial charge in [0, 0.05) is 42.3 Å². The van der Waals surface area contributed by atoms with Crippen molar-refractivity contribution in [2.24, 2.45) is 0 Å². The van der Waals surface area contributed by atoms with Crippen LogP contribution >= 0.6 is 11.8 Å². The van der Waals surface area contributed by atoms with Gasteiger partial charge in [-0.3, -0.25) is 4.79 Å². The Morgan fingerprint density at radius 2 is 1.82 bits per heavy atom. The molecule has 0 aliphatic carbocycles. The molecular weight excluding hydrogens is 432 g/mol. The van der Waals surface area contributed by atoms with Crippen LogP contribution in [-0.2, 0) is 12.3 Å². The summed E-state index contributed by atoms with van der Waals surface area (Å²) in [4.78, 5) is 24.0. The first kappa shape index (κ1) is 22.9. The van der Waals surface area contributed by atoms with Gasteiger partial charge >= 0.3 is 0 Å². The molecule has 170 valence electrons. The van der Waals surface area contributed by atoms with Crippen molar-refractivity contribution < 1.29 is 4.79 Å². The van der Waals surface area contributed by atoms with Crippen LogP contribution in [0.5, 0.6) is 0 Å². The number of nitrogens with zero attached hydrogens (tertiary/aromatic N) is 5. The maximum absolute atomic E-state index is 12.9. The highest BCUT2D eigenvalue weighted by Crippen LogP contribution is 2.22. The molecule has 33 heavy (non-hydrogen) atoms. The molecule has 0 aliphatic rings. The maximum atomic E-state index is 12.9. The Hall–Kier alpha value is -3.23. The van der Waals surface area contributed by atoms with E-state index in [1.54, 1.807) is 4.52 Å². The zero-order chi connectivity index (χ0) is 23.2. The first-order valence-corrected chi connectivity index (χ1v) is 11.9. The fourth-order valence-electron chi connectivity index (χ4n) is 3.65. The lowest BCUT2D eigenvalue weighted by Crippen LogP contribution is -2.33. The number of amides is 1. The molecule has 0 atom stereocenters. The van der Waals surface area contributed by atoms with Crippen molar-refractivity contribution in [2.45, 2.75) is 31.3 Å². The highest BCUT2D eigenvalue weighted by molar-refractivity contribution is 7.98. The lowest BCUT2D eigenvalue weighted by molar-refractivity contribution is 0.0949. The van der Waals surface area contributed by atoms with Crippen LogP contribution in [0.15, 0.2) is 65.8 Å². The van der Waals surface area contributed by atoms with Gasteiger partial charge in [0.25, 0.3) is 11.7 Å². The number of carbonyl (C=O) groups excluding carboxylic acids is 1. The molecule has 0 fully saturated rings. The van der Waals surface area contributed by atoms with E-state index in [9.17, 15) is 4.79 Å². The molecule has 4 aromatic rings. The third-order valence-electron chi connectivity index (χ3n) is 5.29. The number of rotatable bonds is 9. The van der Waals surface area contributed by atoms with Crippen LogP contribution in [0.1, 0.15) is 32.9 Å². The van der Waals surface area contributed by atoms with Crippen LogP contribution in [0.25, 0.3) is 5.78 Å². The van der Waals surface area contributed by atoms with Crippen molar-refractivity contribution in [3.63, 3.8) is 0 Å². The molecule has 2 aromatic heterocycles. The monoisotopic (exact) mass is 460 g/mol. The van der Waals surface area contributed by atoms with E-state index < -0.39 is 0 Å². The first-order valence-electron chi connectivity index (χ1n) is 10.9. The minimum Gasteiger partial charge on any atom is -0.351 e. The number of thioether (sulfide) groups is 1. The van der Waals surface area contributed by atoms with Crippen LogP contribution in [0, 0.1) is 13.8 Å². The Morgan fingerprint density at radius 3 is 2.64 bits per heavy atom. The number of carbonyl (C=O) groups is 1. The van der Waals surface area contributed by atoms with Gasteiger partial charge in [-0.25, -0.2) is 9.50 Å². The van der Waals surface area contributed by atoms with E-state index in [1.165, 1.54) is 17.3 Å². The van der Waals surface area contributed by atoms with Gasteiger partial charge in [0.1, 0.15) is 0 Å². The molecule has 7 nitrogen and oxygen atoms in total. The third-order valence-corrected chi connectivity index (χ3v) is 6.18. The van der Waals surface area contributed by atoms with Crippen molar-refractivity contribution >= 4 is 23.4 Å². The van der Waals surface area contributed by atoms with Crippen molar-refractivity contribution in [1.82, 2.24) is 29.8 Å². The average molecular weight is 461 g/mol. The van der Waals surface area contributed by atoms with E-state index in [0.29, 0.717) is 28.8 Å². The van der Waals surface area contributed by atoms with Gasteiger partial charge in [-0.15, -0.1) is 5.10 Å². The molecule has 0 saturated heterocycles. The molecule has 0 unspecified atom stereocenters. The zero-order valence-electron chi connectivity index (χ0n) is 19.2. The summed E-state index contributed by atoms with van der Waals surface area (Å²) in [7, 11) is 2.06. The number of aromatic nitrogens is 4. The van der Waals surface area contributed by atoms with E-state index in [0.717, 1.165) is 30.0 Å². The molecule has 0 spiro atoms. The number of benzene rings is 2. The Morgan fingerprint density at radius 1 is 1.06 bits per heavy atom. The molecule has 0 saturated carbocycles. The Labute approximate surface area is 198 Å². The predicted molar refractivity (Wildman–Crippen MR) is 131 cm³/mol. The number of hydrogen-bond acceptors (Lipinski definition) is 6. The quantitative estimate of drug-likeness (QED) is 0.382. The number of likely N-dealkylation sites (N-methyl/N-ethyl adjacent to an activating group) is 1. The second-order valence-electron chi connectivity index (χ2n) is 8.07. The SMILES string of the molecule is Cc1cc(C)n2nc(SCc3ccccc3C(=O)NCCN(C)Cc3ccccc3)nc2n1. The predicted octanol–water partition coefficient (Wildman–Crippen LogP) is 3.90. The largest absolute Gasteiger partial charge is 0.351 e. The summed E-state index contributed by atoms with van der Waals surface area (Å²) < 4.78 is 1.75. The Bertz CT molecular complexity index is 1240. The second-order valence-corrected chi connectivity index (χ2v) is 9.01. The number of fused-ring (bicyclic) bond motifs is 1. The minimum atomic E-state index is -0.0598. The van der Waals surface area contributed by atoms with Gasteiger partial charge in [0.05, 0.1) is 0 Å². The molecule has 0 radical (unpaired) electrons. The fourth-order valence-corrected chi connectivity index (χ4v) is 4.47. The van der Waals surface area contributed by atoms with E-state index in [-0.39, 0.29) is 5.91 Å². The summed E-state index contributed by atoms with van der Waals surface area (Å²) in [5, 5.41) is 8.25. The highest BCUT2D eigenvalue weighted by atomic mass is 32.2. The van der Waals surface area contributed by atoms with Crippen LogP contribution in [-0.4, -0.2) is 50.5 Å². The molecular formula is C25H28N6OS. The molecule has 4 rings (SSSR count). The summed E-state index contributed by atoms with van der Waals surface area (Å²) in [5.74, 6) is 1.14. The Balaban J connectivity index is 1.34. The standard InChI is InChI=1S/C25H28N6OS/c1-18-15-19(2)31-24(27-18)28-25(29-31)33-17-21-11-7-8-12-22(21)23(32)26-13-14-30(3)16-20-9-5-4-6-10-20/h4-12,15H,13-14,16-17H2,1-3H3,(H,26,32). The topological polar surface area (TPSA) is 75.4 Å². The molecule has 8 heteroatoms. The summed E-state index contributed by atoms with van der Waals surface area (Å²) >= 11 is 1.50. The molecule has 0 aliphatic heterocycles. The minimum absolute atomic E-state index is 0.0598. The van der Waals surface area contributed by atoms with Crippen molar-refractivity contribution in [3.05, 3.63) is 88.7 Å². The van der Waals surface area contributed by atoms with Gasteiger partial charge in [-0.1, -0.05) is 60.3 Å². The summed E-state index contributed by atoms with van der Waals surface area (Å²) in [6.45, 7) is 6.14. The zero-order valence-corrected chi connectivity index (χ0v) is 20.0. The maximum Gasteiger partial charge on any atom is 0.253 e. The van der Waals surface area contributed by atoms with Gasteiger partial charge in [-0.2, -0.15) is 4.98 Å². The second kappa shape index (κ2) is 10.6. The van der Waals surface area contributed by atoms with E-state index in [1.807, 2.05) is 62.4 Å². The number of nitrogens with one attached hydrogen (secondary N) is 1. The van der Waals surface area contributed by atoms with E-state index >= 15 is 0 Å². The highest BCUT2D eigenvalue weighted by Gasteiger charge is 2.13. The molecule has 1 N–H and O–H groups in total. The summed E-state index contributed by atoms with van der Waals surface area (Å²) in [6.07, 6.45) is 0. The van der Waals surface area contributed by atoms with E-state index in [2.05, 4.69) is 44.5 Å². The van der Waals surface area contributed by atoms with Crippen molar-refractivity contribution in [3.8, 4) is 0 Å². The van der Waals surface area contributed by atoms with Gasteiger partial charge in [0.15, 0.2) is 0 Å². The van der Waals surface area contributed by atoms with Crippen LogP contribution in [0.3, 0.4) is 0 Å². The van der Waals surface area contributed by atoms with E-state index in [4.69, 9.17) is 0 Å². The number of aryl methyl sites for hydroxylation is 2. The first-order chi connectivity index (χ1) is 16.0. The summed E-state index contributed by atoms with van der Waals surface area (Å²) in [5.41, 5.74) is 4.81. The van der Waals surface area contributed by atoms with Crippen molar-refractivity contribution in [2.75, 3.05) is 20.1 Å². The average Bonchev–Trinajstić information content (AvgIpc) is 3.22. The lowest BCUT2D eigenvalue weighted by atomic mass is 10.1. The fraction of sp³-hybridized carbons (Fsp3) is 0.280. The normalized spacial score (nSPS) is 11.3. The van der Waals surface area contributed by atoms with Gasteiger partial charge in [-0.05, 0) is 44.2 Å². The van der Waals surface area contributed by atoms with Gasteiger partial charge < -0.3 is 10.2 Å². The summed E-state index contributed by atoms with van der Waals surface area (Å²) in [6, 6.07) is 20.0. The molecule has 2 aromatic carbocycles. The third kappa shape index (κ3) is 5.97. The van der Waals surface area contributed by atoms with Crippen LogP contribution in [0.4, 0.5) is 0 Å². The molecule has 0 bridgehead atoms. The van der Waals surface area contributed by atoms with Crippen molar-refractivity contribution in [1.29, 1.82) is 0 Å². The van der Waals surface area contributed by atoms with Crippen LogP contribution in [0.2, 0.25) is 0 Å². The van der Waals surface area contributed by atoms with Crippen LogP contribution < -0.4 is 5.32 Å².